The van der Waals surface area contributed by atoms with E-state index in [4.69, 9.17) is 0 Å². The third kappa shape index (κ3) is 5.31. The van der Waals surface area contributed by atoms with Crippen LogP contribution in [-0.2, 0) is 14.6 Å². The molecule has 110 valence electrons. The molecule has 1 atom stereocenters. The fourth-order valence-electron chi connectivity index (χ4n) is 2.50. The largest absolute Gasteiger partial charge is 0.356 e. The number of thioether (sulfide) groups is 1. The molecule has 2 aliphatic heterocycles. The van der Waals surface area contributed by atoms with Crippen LogP contribution in [0.2, 0.25) is 0 Å². The van der Waals surface area contributed by atoms with E-state index >= 15 is 0 Å². The van der Waals surface area contributed by atoms with E-state index < -0.39 is 9.84 Å². The smallest absolute Gasteiger partial charge is 0.221 e. The first-order chi connectivity index (χ1) is 9.05. The molecule has 2 rings (SSSR count). The van der Waals surface area contributed by atoms with Crippen molar-refractivity contribution in [3.8, 4) is 0 Å². The second-order valence-electron chi connectivity index (χ2n) is 5.33. The average Bonchev–Trinajstić information content (AvgIpc) is 2.36. The number of hydrogen-bond acceptors (Lipinski definition) is 5. The summed E-state index contributed by atoms with van der Waals surface area (Å²) in [4.78, 5) is 11.8. The van der Waals surface area contributed by atoms with Gasteiger partial charge in [-0.15, -0.1) is 0 Å². The Morgan fingerprint density at radius 3 is 2.74 bits per heavy atom. The highest BCUT2D eigenvalue weighted by Gasteiger charge is 2.26. The third-order valence-electron chi connectivity index (χ3n) is 3.66. The van der Waals surface area contributed by atoms with Gasteiger partial charge < -0.3 is 10.6 Å². The molecule has 2 saturated heterocycles. The molecule has 2 N–H and O–H groups in total. The molecule has 19 heavy (non-hydrogen) atoms. The fourth-order valence-corrected chi connectivity index (χ4v) is 5.15. The van der Waals surface area contributed by atoms with Gasteiger partial charge in [-0.2, -0.15) is 11.8 Å². The van der Waals surface area contributed by atoms with Gasteiger partial charge in [0, 0.05) is 25.6 Å². The van der Waals surface area contributed by atoms with Crippen molar-refractivity contribution in [2.75, 3.05) is 36.1 Å². The van der Waals surface area contributed by atoms with Crippen LogP contribution in [0.1, 0.15) is 19.3 Å². The van der Waals surface area contributed by atoms with Gasteiger partial charge in [0.25, 0.3) is 0 Å². The van der Waals surface area contributed by atoms with Gasteiger partial charge in [-0.3, -0.25) is 4.79 Å². The highest BCUT2D eigenvalue weighted by molar-refractivity contribution is 7.99. The van der Waals surface area contributed by atoms with Crippen molar-refractivity contribution in [3.05, 3.63) is 0 Å². The standard InChI is InChI=1S/C12H22N2O3S2/c15-12(14-8-10-1-4-18-5-2-10)7-11-9-19(16,17)6-3-13-11/h10-11,13H,1-9H2,(H,14,15). The van der Waals surface area contributed by atoms with E-state index in [1.165, 1.54) is 24.3 Å². The number of hydrogen-bond donors (Lipinski definition) is 2. The average molecular weight is 306 g/mol. The lowest BCUT2D eigenvalue weighted by Crippen LogP contribution is -2.47. The zero-order chi connectivity index (χ0) is 13.7. The van der Waals surface area contributed by atoms with E-state index in [2.05, 4.69) is 10.6 Å². The number of carbonyl (C=O) groups excluding carboxylic acids is 1. The molecule has 2 aliphatic rings. The molecule has 1 unspecified atom stereocenters. The van der Waals surface area contributed by atoms with Crippen molar-refractivity contribution >= 4 is 27.5 Å². The highest BCUT2D eigenvalue weighted by atomic mass is 32.2. The summed E-state index contributed by atoms with van der Waals surface area (Å²) in [5.74, 6) is 3.19. The van der Waals surface area contributed by atoms with E-state index in [0.717, 1.165) is 6.54 Å². The third-order valence-corrected chi connectivity index (χ3v) is 6.45. The maximum absolute atomic E-state index is 11.8. The summed E-state index contributed by atoms with van der Waals surface area (Å²) in [5, 5.41) is 6.04. The minimum absolute atomic E-state index is 0.0344. The first-order valence-electron chi connectivity index (χ1n) is 6.83. The van der Waals surface area contributed by atoms with Gasteiger partial charge in [0.2, 0.25) is 5.91 Å². The van der Waals surface area contributed by atoms with E-state index in [0.29, 0.717) is 12.5 Å². The molecule has 0 bridgehead atoms. The first kappa shape index (κ1) is 15.1. The molecular formula is C12H22N2O3S2. The lowest BCUT2D eigenvalue weighted by Gasteiger charge is -2.24. The Kier molecular flexibility index (Phi) is 5.53. The minimum atomic E-state index is -2.96. The van der Waals surface area contributed by atoms with Crippen LogP contribution >= 0.6 is 11.8 Å². The van der Waals surface area contributed by atoms with E-state index in [1.807, 2.05) is 11.8 Å². The Balaban J connectivity index is 1.69. The van der Waals surface area contributed by atoms with E-state index in [1.54, 1.807) is 0 Å². The van der Waals surface area contributed by atoms with Gasteiger partial charge in [-0.1, -0.05) is 0 Å². The molecule has 0 spiro atoms. The van der Waals surface area contributed by atoms with Crippen molar-refractivity contribution in [1.82, 2.24) is 10.6 Å². The Hall–Kier alpha value is -0.270. The summed E-state index contributed by atoms with van der Waals surface area (Å²) in [6.07, 6.45) is 2.60. The number of nitrogens with one attached hydrogen (secondary N) is 2. The van der Waals surface area contributed by atoms with Gasteiger partial charge in [0.15, 0.2) is 9.84 Å². The van der Waals surface area contributed by atoms with Crippen LogP contribution in [0.4, 0.5) is 0 Å². The fraction of sp³-hybridized carbons (Fsp3) is 0.917. The molecule has 0 aliphatic carbocycles. The highest BCUT2D eigenvalue weighted by Crippen LogP contribution is 2.21. The Morgan fingerprint density at radius 2 is 2.05 bits per heavy atom. The van der Waals surface area contributed by atoms with Gasteiger partial charge in [0.1, 0.15) is 0 Å². The molecule has 0 radical (unpaired) electrons. The SMILES string of the molecule is O=C(CC1CS(=O)(=O)CCN1)NCC1CCSCC1. The van der Waals surface area contributed by atoms with Crippen LogP contribution in [0.5, 0.6) is 0 Å². The maximum Gasteiger partial charge on any atom is 0.221 e. The Morgan fingerprint density at radius 1 is 1.32 bits per heavy atom. The van der Waals surface area contributed by atoms with Crippen molar-refractivity contribution < 1.29 is 13.2 Å². The zero-order valence-corrected chi connectivity index (χ0v) is 12.7. The number of rotatable bonds is 4. The van der Waals surface area contributed by atoms with Gasteiger partial charge in [0.05, 0.1) is 11.5 Å². The summed E-state index contributed by atoms with van der Waals surface area (Å²) in [7, 11) is -2.96. The predicted molar refractivity (Wildman–Crippen MR) is 78.1 cm³/mol. The van der Waals surface area contributed by atoms with Gasteiger partial charge in [-0.05, 0) is 30.3 Å². The summed E-state index contributed by atoms with van der Waals surface area (Å²) in [6.45, 7) is 1.19. The van der Waals surface area contributed by atoms with Crippen molar-refractivity contribution in [2.24, 2.45) is 5.92 Å². The number of amides is 1. The molecule has 0 aromatic rings. The maximum atomic E-state index is 11.8. The summed E-state index contributed by atoms with van der Waals surface area (Å²) >= 11 is 1.97. The van der Waals surface area contributed by atoms with Crippen LogP contribution in [0.15, 0.2) is 0 Å². The lowest BCUT2D eigenvalue weighted by atomic mass is 10.0. The Labute approximate surface area is 119 Å². The Bertz CT molecular complexity index is 405. The van der Waals surface area contributed by atoms with E-state index in [-0.39, 0.29) is 29.9 Å². The second kappa shape index (κ2) is 6.95. The summed E-state index contributed by atoms with van der Waals surface area (Å²) in [5.41, 5.74) is 0. The molecule has 2 fully saturated rings. The molecule has 5 nitrogen and oxygen atoms in total. The quantitative estimate of drug-likeness (QED) is 0.766. The molecular weight excluding hydrogens is 284 g/mol. The summed E-state index contributed by atoms with van der Waals surface area (Å²) < 4.78 is 22.9. The molecule has 0 saturated carbocycles. The number of carbonyl (C=O) groups is 1. The summed E-state index contributed by atoms with van der Waals surface area (Å²) in [6, 6.07) is -0.222. The predicted octanol–water partition coefficient (Wildman–Crippen LogP) is 0.0225. The molecule has 7 heteroatoms. The zero-order valence-electron chi connectivity index (χ0n) is 11.1. The molecule has 2 heterocycles. The van der Waals surface area contributed by atoms with Crippen LogP contribution in [0.3, 0.4) is 0 Å². The van der Waals surface area contributed by atoms with Gasteiger partial charge >= 0.3 is 0 Å². The molecule has 1 amide bonds. The van der Waals surface area contributed by atoms with Crippen LogP contribution < -0.4 is 10.6 Å². The normalized spacial score (nSPS) is 27.9. The van der Waals surface area contributed by atoms with E-state index in [9.17, 15) is 13.2 Å². The second-order valence-corrected chi connectivity index (χ2v) is 8.78. The minimum Gasteiger partial charge on any atom is -0.356 e. The van der Waals surface area contributed by atoms with Crippen molar-refractivity contribution in [1.29, 1.82) is 0 Å². The number of sulfone groups is 1. The molecule has 0 aromatic carbocycles. The lowest BCUT2D eigenvalue weighted by molar-refractivity contribution is -0.121. The van der Waals surface area contributed by atoms with Crippen LogP contribution in [0.25, 0.3) is 0 Å². The topological polar surface area (TPSA) is 75.3 Å². The first-order valence-corrected chi connectivity index (χ1v) is 9.81. The van der Waals surface area contributed by atoms with Crippen molar-refractivity contribution in [3.63, 3.8) is 0 Å². The van der Waals surface area contributed by atoms with Crippen LogP contribution in [0, 0.1) is 5.92 Å². The monoisotopic (exact) mass is 306 g/mol. The molecule has 0 aromatic heterocycles. The van der Waals surface area contributed by atoms with Crippen molar-refractivity contribution in [2.45, 2.75) is 25.3 Å². The van der Waals surface area contributed by atoms with Crippen LogP contribution in [-0.4, -0.2) is 56.5 Å². The van der Waals surface area contributed by atoms with Gasteiger partial charge in [-0.25, -0.2) is 8.42 Å².